The summed E-state index contributed by atoms with van der Waals surface area (Å²) in [5.41, 5.74) is 4.68. The highest BCUT2D eigenvalue weighted by atomic mass is 14.2. The molecule has 0 heterocycles. The molecule has 0 atom stereocenters. The second-order valence-corrected chi connectivity index (χ2v) is 4.04. The van der Waals surface area contributed by atoms with Crippen LogP contribution in [0.15, 0.2) is 18.2 Å². The molecule has 0 saturated heterocycles. The third kappa shape index (κ3) is 4.00. The predicted molar refractivity (Wildman–Crippen MR) is 75.3 cm³/mol. The van der Waals surface area contributed by atoms with Gasteiger partial charge in [-0.2, -0.15) is 0 Å². The van der Waals surface area contributed by atoms with Crippen LogP contribution in [-0.2, 0) is 12.8 Å². The van der Waals surface area contributed by atoms with Gasteiger partial charge in [0.15, 0.2) is 0 Å². The number of aryl methyl sites for hydroxylation is 2. The Hall–Kier alpha value is -0.780. The number of hydrogen-bond acceptors (Lipinski definition) is 0. The van der Waals surface area contributed by atoms with E-state index in [1.54, 1.807) is 11.1 Å². The van der Waals surface area contributed by atoms with Gasteiger partial charge in [0.25, 0.3) is 0 Å². The summed E-state index contributed by atoms with van der Waals surface area (Å²) in [5, 5.41) is 0. The molecular weight excluding hydrogens is 192 g/mol. The van der Waals surface area contributed by atoms with Crippen LogP contribution in [0, 0.1) is 0 Å². The van der Waals surface area contributed by atoms with E-state index < -0.39 is 0 Å². The zero-order valence-electron chi connectivity index (χ0n) is 11.9. The molecule has 0 fully saturated rings. The highest BCUT2D eigenvalue weighted by Crippen LogP contribution is 2.25. The standard InChI is InChI=1S/C12H16.2C2H6/c1-9(2)11-7-6-10-4-3-5-12(10)8-11;2*1-2/h6-9H,3-5H2,1-2H3;2*1-2H3. The van der Waals surface area contributed by atoms with E-state index in [1.807, 2.05) is 27.7 Å². The van der Waals surface area contributed by atoms with E-state index in [0.29, 0.717) is 5.92 Å². The summed E-state index contributed by atoms with van der Waals surface area (Å²) in [4.78, 5) is 0. The Morgan fingerprint density at radius 3 is 2.00 bits per heavy atom. The summed E-state index contributed by atoms with van der Waals surface area (Å²) in [6.07, 6.45) is 3.96. The van der Waals surface area contributed by atoms with Crippen LogP contribution in [0.25, 0.3) is 0 Å². The lowest BCUT2D eigenvalue weighted by Gasteiger charge is -2.07. The van der Waals surface area contributed by atoms with Crippen molar-refractivity contribution in [1.29, 1.82) is 0 Å². The first kappa shape index (κ1) is 15.2. The predicted octanol–water partition coefficient (Wildman–Crippen LogP) is 5.35. The molecule has 0 nitrogen and oxygen atoms in total. The van der Waals surface area contributed by atoms with Crippen LogP contribution < -0.4 is 0 Å². The Balaban J connectivity index is 0.000000509. The second-order valence-electron chi connectivity index (χ2n) is 4.04. The largest absolute Gasteiger partial charge is 0.0683 e. The van der Waals surface area contributed by atoms with Gasteiger partial charge in [-0.1, -0.05) is 59.7 Å². The highest BCUT2D eigenvalue weighted by Gasteiger charge is 2.11. The lowest BCUT2D eigenvalue weighted by atomic mass is 9.99. The molecule has 0 aromatic heterocycles. The van der Waals surface area contributed by atoms with Crippen LogP contribution in [0.4, 0.5) is 0 Å². The highest BCUT2D eigenvalue weighted by molar-refractivity contribution is 5.36. The number of rotatable bonds is 1. The fourth-order valence-electron chi connectivity index (χ4n) is 1.95. The molecule has 0 heteroatoms. The molecule has 0 bridgehead atoms. The van der Waals surface area contributed by atoms with Gasteiger partial charge in [-0.15, -0.1) is 0 Å². The summed E-state index contributed by atoms with van der Waals surface area (Å²) in [6, 6.07) is 7.00. The minimum absolute atomic E-state index is 0.677. The Labute approximate surface area is 102 Å². The molecule has 1 aromatic carbocycles. The summed E-state index contributed by atoms with van der Waals surface area (Å²) in [6.45, 7) is 12.5. The van der Waals surface area contributed by atoms with E-state index in [-0.39, 0.29) is 0 Å². The van der Waals surface area contributed by atoms with Crippen LogP contribution in [0.3, 0.4) is 0 Å². The lowest BCUT2D eigenvalue weighted by molar-refractivity contribution is 0.862. The van der Waals surface area contributed by atoms with Gasteiger partial charge in [0.05, 0.1) is 0 Å². The molecule has 1 aromatic rings. The molecule has 0 amide bonds. The molecule has 0 unspecified atom stereocenters. The van der Waals surface area contributed by atoms with Crippen molar-refractivity contribution in [2.75, 3.05) is 0 Å². The number of hydrogen-bond donors (Lipinski definition) is 0. The maximum atomic E-state index is 2.40. The van der Waals surface area contributed by atoms with Crippen molar-refractivity contribution in [3.63, 3.8) is 0 Å². The van der Waals surface area contributed by atoms with Crippen LogP contribution in [0.1, 0.15) is 70.6 Å². The maximum absolute atomic E-state index is 2.40. The number of fused-ring (bicyclic) bond motifs is 1. The molecule has 2 rings (SSSR count). The maximum Gasteiger partial charge on any atom is -0.0219 e. The monoisotopic (exact) mass is 220 g/mol. The molecule has 1 aliphatic carbocycles. The van der Waals surface area contributed by atoms with Gasteiger partial charge in [-0.05, 0) is 41.9 Å². The molecule has 1 aliphatic rings. The summed E-state index contributed by atoms with van der Waals surface area (Å²) in [5.74, 6) is 0.677. The molecule has 0 saturated carbocycles. The molecule has 0 aliphatic heterocycles. The fourth-order valence-corrected chi connectivity index (χ4v) is 1.95. The Morgan fingerprint density at radius 2 is 1.44 bits per heavy atom. The van der Waals surface area contributed by atoms with Crippen molar-refractivity contribution < 1.29 is 0 Å². The van der Waals surface area contributed by atoms with Gasteiger partial charge in [0, 0.05) is 0 Å². The van der Waals surface area contributed by atoms with Crippen LogP contribution in [-0.4, -0.2) is 0 Å². The summed E-state index contributed by atoms with van der Waals surface area (Å²) < 4.78 is 0. The summed E-state index contributed by atoms with van der Waals surface area (Å²) in [7, 11) is 0. The van der Waals surface area contributed by atoms with Crippen molar-refractivity contribution in [1.82, 2.24) is 0 Å². The first-order valence-electron chi connectivity index (χ1n) is 6.89. The van der Waals surface area contributed by atoms with E-state index >= 15 is 0 Å². The molecule has 16 heavy (non-hydrogen) atoms. The van der Waals surface area contributed by atoms with Gasteiger partial charge in [-0.3, -0.25) is 0 Å². The van der Waals surface area contributed by atoms with Gasteiger partial charge < -0.3 is 0 Å². The van der Waals surface area contributed by atoms with Crippen LogP contribution in [0.2, 0.25) is 0 Å². The minimum atomic E-state index is 0.677. The van der Waals surface area contributed by atoms with Crippen LogP contribution in [0.5, 0.6) is 0 Å². The first-order valence-corrected chi connectivity index (χ1v) is 6.89. The van der Waals surface area contributed by atoms with E-state index in [0.717, 1.165) is 0 Å². The van der Waals surface area contributed by atoms with E-state index in [1.165, 1.54) is 24.8 Å². The second kappa shape index (κ2) is 8.38. The average molecular weight is 220 g/mol. The Morgan fingerprint density at radius 1 is 0.875 bits per heavy atom. The third-order valence-corrected chi connectivity index (χ3v) is 2.79. The third-order valence-electron chi connectivity index (χ3n) is 2.79. The van der Waals surface area contributed by atoms with Gasteiger partial charge >= 0.3 is 0 Å². The zero-order chi connectivity index (χ0) is 12.6. The molecule has 0 spiro atoms. The first-order chi connectivity index (χ1) is 7.77. The van der Waals surface area contributed by atoms with E-state index in [2.05, 4.69) is 32.0 Å². The fraction of sp³-hybridized carbons (Fsp3) is 0.625. The average Bonchev–Trinajstić information content (AvgIpc) is 2.81. The summed E-state index contributed by atoms with van der Waals surface area (Å²) >= 11 is 0. The molecule has 0 radical (unpaired) electrons. The smallest absolute Gasteiger partial charge is 0.0219 e. The van der Waals surface area contributed by atoms with Gasteiger partial charge in [-0.25, -0.2) is 0 Å². The van der Waals surface area contributed by atoms with Crippen molar-refractivity contribution in [2.24, 2.45) is 0 Å². The normalized spacial score (nSPS) is 12.2. The lowest BCUT2D eigenvalue weighted by Crippen LogP contribution is -1.90. The Kier molecular flexibility index (Phi) is 7.97. The van der Waals surface area contributed by atoms with Crippen molar-refractivity contribution in [2.45, 2.75) is 66.7 Å². The van der Waals surface area contributed by atoms with Gasteiger partial charge in [0.2, 0.25) is 0 Å². The van der Waals surface area contributed by atoms with Crippen LogP contribution >= 0.6 is 0 Å². The van der Waals surface area contributed by atoms with E-state index in [4.69, 9.17) is 0 Å². The number of benzene rings is 1. The zero-order valence-corrected chi connectivity index (χ0v) is 11.9. The molecular formula is C16H28. The van der Waals surface area contributed by atoms with Crippen molar-refractivity contribution in [3.05, 3.63) is 34.9 Å². The SMILES string of the molecule is CC.CC.CC(C)c1ccc2c(c1)CCC2. The molecule has 0 N–H and O–H groups in total. The minimum Gasteiger partial charge on any atom is -0.0683 e. The van der Waals surface area contributed by atoms with Crippen molar-refractivity contribution >= 4 is 0 Å². The molecule has 92 valence electrons. The van der Waals surface area contributed by atoms with Gasteiger partial charge in [0.1, 0.15) is 0 Å². The van der Waals surface area contributed by atoms with E-state index in [9.17, 15) is 0 Å². The topological polar surface area (TPSA) is 0 Å². The quantitative estimate of drug-likeness (QED) is 0.598. The Bertz CT molecular complexity index is 284. The van der Waals surface area contributed by atoms with Crippen molar-refractivity contribution in [3.8, 4) is 0 Å².